The van der Waals surface area contributed by atoms with Gasteiger partial charge in [-0.1, -0.05) is 121 Å². The number of rotatable bonds is 4. The van der Waals surface area contributed by atoms with Crippen molar-refractivity contribution in [1.82, 2.24) is 9.13 Å². The van der Waals surface area contributed by atoms with E-state index in [4.69, 9.17) is 0 Å². The Morgan fingerprint density at radius 3 is 1.28 bits per heavy atom. The molecule has 0 saturated heterocycles. The number of aromatic nitrogens is 2. The molecular weight excluding hydrogens is 558 g/mol. The van der Waals surface area contributed by atoms with Crippen molar-refractivity contribution in [2.45, 2.75) is 0 Å². The van der Waals surface area contributed by atoms with Gasteiger partial charge in [0.2, 0.25) is 0 Å². The summed E-state index contributed by atoms with van der Waals surface area (Å²) in [4.78, 5) is 0. The van der Waals surface area contributed by atoms with Crippen molar-refractivity contribution in [1.29, 1.82) is 5.26 Å². The molecule has 0 saturated carbocycles. The first-order valence-electron chi connectivity index (χ1n) is 15.5. The summed E-state index contributed by atoms with van der Waals surface area (Å²) in [6.45, 7) is 0. The second-order valence-electron chi connectivity index (χ2n) is 11.6. The van der Waals surface area contributed by atoms with Crippen LogP contribution in [0.5, 0.6) is 0 Å². The third-order valence-corrected chi connectivity index (χ3v) is 9.20. The quantitative estimate of drug-likeness (QED) is 0.202. The van der Waals surface area contributed by atoms with Crippen LogP contribution < -0.4 is 0 Å². The first kappa shape index (κ1) is 26.1. The van der Waals surface area contributed by atoms with Crippen LogP contribution >= 0.6 is 0 Å². The number of nitrogens with zero attached hydrogens (tertiary/aromatic N) is 3. The monoisotopic (exact) mass is 585 g/mol. The maximum absolute atomic E-state index is 10.4. The maximum Gasteiger partial charge on any atom is 0.0998 e. The average molecular weight is 586 g/mol. The van der Waals surface area contributed by atoms with Gasteiger partial charge in [-0.15, -0.1) is 0 Å². The molecule has 46 heavy (non-hydrogen) atoms. The minimum absolute atomic E-state index is 0.645. The minimum atomic E-state index is 0.645. The minimum Gasteiger partial charge on any atom is -0.309 e. The second kappa shape index (κ2) is 10.4. The molecule has 0 aliphatic rings. The van der Waals surface area contributed by atoms with Crippen molar-refractivity contribution in [3.05, 3.63) is 169 Å². The molecule has 0 unspecified atom stereocenters. The van der Waals surface area contributed by atoms with Gasteiger partial charge in [0.15, 0.2) is 0 Å². The van der Waals surface area contributed by atoms with Gasteiger partial charge in [-0.2, -0.15) is 5.26 Å². The molecule has 9 rings (SSSR count). The van der Waals surface area contributed by atoms with Crippen LogP contribution in [-0.4, -0.2) is 9.13 Å². The molecule has 0 bridgehead atoms. The topological polar surface area (TPSA) is 33.6 Å². The summed E-state index contributed by atoms with van der Waals surface area (Å²) < 4.78 is 4.74. The molecule has 2 aromatic heterocycles. The lowest BCUT2D eigenvalue weighted by atomic mass is 9.89. The Balaban J connectivity index is 1.43. The smallest absolute Gasteiger partial charge is 0.0998 e. The highest BCUT2D eigenvalue weighted by molar-refractivity contribution is 6.11. The predicted octanol–water partition coefficient (Wildman–Crippen LogP) is 11.1. The molecule has 3 nitrogen and oxygen atoms in total. The van der Waals surface area contributed by atoms with Crippen molar-refractivity contribution >= 4 is 43.6 Å². The average Bonchev–Trinajstić information content (AvgIpc) is 3.64. The zero-order valence-corrected chi connectivity index (χ0v) is 24.9. The lowest BCUT2D eigenvalue weighted by molar-refractivity contribution is 1.17. The third-order valence-electron chi connectivity index (χ3n) is 9.20. The molecule has 3 heteroatoms. The van der Waals surface area contributed by atoms with E-state index in [1.165, 1.54) is 21.5 Å². The van der Waals surface area contributed by atoms with Gasteiger partial charge in [-0.05, 0) is 48.0 Å². The van der Waals surface area contributed by atoms with Crippen molar-refractivity contribution in [3.63, 3.8) is 0 Å². The highest BCUT2D eigenvalue weighted by atomic mass is 15.0. The molecule has 0 spiro atoms. The Hall–Kier alpha value is -6.37. The Bertz CT molecular complexity index is 2560. The standard InChI is InChI=1S/C43H27N3/c44-28-29-14-1-2-15-30(29)43-36(21-13-27-42(43)46-39-24-10-5-18-33(39)34-19-6-11-25-40(34)46)35-20-7-12-26-41(35)45-37-22-8-3-16-31(37)32-17-4-9-23-38(32)45/h1-27H. The number of nitriles is 1. The van der Waals surface area contributed by atoms with Gasteiger partial charge in [0.05, 0.1) is 45.1 Å². The molecule has 0 radical (unpaired) electrons. The first-order chi connectivity index (χ1) is 22.8. The van der Waals surface area contributed by atoms with Crippen LogP contribution in [0.4, 0.5) is 0 Å². The van der Waals surface area contributed by atoms with E-state index < -0.39 is 0 Å². The molecule has 9 aromatic rings. The predicted molar refractivity (Wildman–Crippen MR) is 191 cm³/mol. The van der Waals surface area contributed by atoms with Crippen LogP contribution in [-0.2, 0) is 0 Å². The number of para-hydroxylation sites is 5. The van der Waals surface area contributed by atoms with Crippen molar-refractivity contribution in [2.75, 3.05) is 0 Å². The Morgan fingerprint density at radius 2 is 0.739 bits per heavy atom. The molecule has 0 N–H and O–H groups in total. The van der Waals surface area contributed by atoms with Gasteiger partial charge in [0.1, 0.15) is 0 Å². The highest BCUT2D eigenvalue weighted by Crippen LogP contribution is 2.44. The van der Waals surface area contributed by atoms with Crippen LogP contribution in [0, 0.1) is 11.3 Å². The summed E-state index contributed by atoms with van der Waals surface area (Å²) >= 11 is 0. The zero-order chi connectivity index (χ0) is 30.6. The molecule has 214 valence electrons. The molecular formula is C43H27N3. The summed E-state index contributed by atoms with van der Waals surface area (Å²) in [6, 6.07) is 60.1. The van der Waals surface area contributed by atoms with E-state index in [1.54, 1.807) is 0 Å². The van der Waals surface area contributed by atoms with E-state index >= 15 is 0 Å². The summed E-state index contributed by atoms with van der Waals surface area (Å²) in [5, 5.41) is 15.2. The first-order valence-corrected chi connectivity index (χ1v) is 15.5. The van der Waals surface area contributed by atoms with Gasteiger partial charge >= 0.3 is 0 Å². The molecule has 0 fully saturated rings. The van der Waals surface area contributed by atoms with Crippen molar-refractivity contribution in [2.24, 2.45) is 0 Å². The van der Waals surface area contributed by atoms with Crippen LogP contribution in [0.3, 0.4) is 0 Å². The Kier molecular flexibility index (Phi) is 5.88. The van der Waals surface area contributed by atoms with E-state index in [-0.39, 0.29) is 0 Å². The lowest BCUT2D eigenvalue weighted by Gasteiger charge is -2.21. The molecule has 0 aliphatic carbocycles. The second-order valence-corrected chi connectivity index (χ2v) is 11.6. The molecule has 7 aromatic carbocycles. The maximum atomic E-state index is 10.4. The van der Waals surface area contributed by atoms with Gasteiger partial charge in [0, 0.05) is 38.2 Å². The van der Waals surface area contributed by atoms with Crippen LogP contribution in [0.1, 0.15) is 5.56 Å². The van der Waals surface area contributed by atoms with E-state index in [0.29, 0.717) is 5.56 Å². The lowest BCUT2D eigenvalue weighted by Crippen LogP contribution is -2.02. The fraction of sp³-hybridized carbons (Fsp3) is 0. The van der Waals surface area contributed by atoms with Crippen molar-refractivity contribution in [3.8, 4) is 39.7 Å². The summed E-state index contributed by atoms with van der Waals surface area (Å²) in [5.74, 6) is 0. The third kappa shape index (κ3) is 3.78. The molecule has 2 heterocycles. The van der Waals surface area contributed by atoms with Crippen LogP contribution in [0.25, 0.3) is 77.2 Å². The Labute approximate surface area is 266 Å². The molecule has 0 aliphatic heterocycles. The zero-order valence-electron chi connectivity index (χ0n) is 24.9. The van der Waals surface area contributed by atoms with Gasteiger partial charge in [0.25, 0.3) is 0 Å². The summed E-state index contributed by atoms with van der Waals surface area (Å²) in [6.07, 6.45) is 0. The van der Waals surface area contributed by atoms with E-state index in [2.05, 4.69) is 161 Å². The van der Waals surface area contributed by atoms with Gasteiger partial charge in [-0.3, -0.25) is 0 Å². The van der Waals surface area contributed by atoms with Crippen LogP contribution in [0.2, 0.25) is 0 Å². The fourth-order valence-electron chi connectivity index (χ4n) is 7.29. The molecule has 0 atom stereocenters. The fourth-order valence-corrected chi connectivity index (χ4v) is 7.29. The SMILES string of the molecule is N#Cc1ccccc1-c1c(-c2ccccc2-n2c3ccccc3c3ccccc32)cccc1-n1c2ccccc2c2ccccc21. The van der Waals surface area contributed by atoms with Crippen molar-refractivity contribution < 1.29 is 0 Å². The van der Waals surface area contributed by atoms with E-state index in [9.17, 15) is 5.26 Å². The number of fused-ring (bicyclic) bond motifs is 6. The molecule has 0 amide bonds. The van der Waals surface area contributed by atoms with Gasteiger partial charge < -0.3 is 9.13 Å². The number of hydrogen-bond donors (Lipinski definition) is 0. The summed E-state index contributed by atoms with van der Waals surface area (Å²) in [5.41, 5.74) is 11.5. The number of benzene rings is 7. The Morgan fingerprint density at radius 1 is 0.348 bits per heavy atom. The normalized spacial score (nSPS) is 11.5. The van der Waals surface area contributed by atoms with Crippen LogP contribution in [0.15, 0.2) is 164 Å². The highest BCUT2D eigenvalue weighted by Gasteiger charge is 2.23. The van der Waals surface area contributed by atoms with E-state index in [0.717, 1.165) is 55.7 Å². The summed E-state index contributed by atoms with van der Waals surface area (Å²) in [7, 11) is 0. The largest absolute Gasteiger partial charge is 0.309 e. The number of hydrogen-bond acceptors (Lipinski definition) is 1. The van der Waals surface area contributed by atoms with E-state index in [1.807, 2.05) is 18.2 Å². The van der Waals surface area contributed by atoms with Gasteiger partial charge in [-0.25, -0.2) is 0 Å².